The molecule has 144 valence electrons. The van der Waals surface area contributed by atoms with Gasteiger partial charge in [-0.1, -0.05) is 17.7 Å². The lowest BCUT2D eigenvalue weighted by molar-refractivity contribution is -0.138. The molecule has 0 aliphatic heterocycles. The number of hydrogen-bond acceptors (Lipinski definition) is 4. The number of hydrogen-bond donors (Lipinski definition) is 2. The standard InChI is InChI=1S/C17H16F3N3O3S/c1-11-2-5-13(6-3-11)27-10-15(25)22-21-14(24)9-23-8-12(17(18,19)20)4-7-16(23)26/h2-8H,9-10H2,1H3,(H,21,24)(H,22,25). The highest BCUT2D eigenvalue weighted by atomic mass is 32.2. The molecule has 0 fully saturated rings. The molecule has 1 aromatic carbocycles. The monoisotopic (exact) mass is 399 g/mol. The number of benzene rings is 1. The molecule has 2 rings (SSSR count). The molecule has 0 aliphatic rings. The van der Waals surface area contributed by atoms with Crippen LogP contribution in [0.3, 0.4) is 0 Å². The van der Waals surface area contributed by atoms with Crippen LogP contribution in [-0.2, 0) is 22.3 Å². The molecule has 0 saturated heterocycles. The summed E-state index contributed by atoms with van der Waals surface area (Å²) in [5.41, 5.74) is 3.49. The first-order valence-electron chi connectivity index (χ1n) is 7.70. The molecule has 0 atom stereocenters. The molecule has 27 heavy (non-hydrogen) atoms. The van der Waals surface area contributed by atoms with Crippen molar-refractivity contribution in [3.63, 3.8) is 0 Å². The van der Waals surface area contributed by atoms with Gasteiger partial charge in [0, 0.05) is 17.2 Å². The highest BCUT2D eigenvalue weighted by Crippen LogP contribution is 2.27. The fraction of sp³-hybridized carbons (Fsp3) is 0.235. The van der Waals surface area contributed by atoms with Gasteiger partial charge in [-0.25, -0.2) is 0 Å². The second kappa shape index (κ2) is 8.76. The number of halogens is 3. The second-order valence-corrected chi connectivity index (χ2v) is 6.63. The van der Waals surface area contributed by atoms with Crippen LogP contribution in [0.4, 0.5) is 13.2 Å². The van der Waals surface area contributed by atoms with Gasteiger partial charge in [0.25, 0.3) is 11.5 Å². The Morgan fingerprint density at radius 2 is 1.67 bits per heavy atom. The van der Waals surface area contributed by atoms with Crippen molar-refractivity contribution in [1.82, 2.24) is 15.4 Å². The summed E-state index contributed by atoms with van der Waals surface area (Å²) in [6.45, 7) is 1.28. The van der Waals surface area contributed by atoms with E-state index in [1.54, 1.807) is 0 Å². The molecule has 2 amide bonds. The lowest BCUT2D eigenvalue weighted by Crippen LogP contribution is -2.44. The molecule has 10 heteroatoms. The average Bonchev–Trinajstić information content (AvgIpc) is 2.60. The SMILES string of the molecule is Cc1ccc(SCC(=O)NNC(=O)Cn2cc(C(F)(F)F)ccc2=O)cc1. The molecule has 0 unspecified atom stereocenters. The average molecular weight is 399 g/mol. The fourth-order valence-electron chi connectivity index (χ4n) is 1.98. The van der Waals surface area contributed by atoms with E-state index >= 15 is 0 Å². The molecule has 2 N–H and O–H groups in total. The molecular formula is C17H16F3N3O3S. The minimum Gasteiger partial charge on any atom is -0.305 e. The number of aromatic nitrogens is 1. The minimum absolute atomic E-state index is 0.0346. The Kier molecular flexibility index (Phi) is 6.67. The van der Waals surface area contributed by atoms with Crippen LogP contribution in [0.2, 0.25) is 0 Å². The topological polar surface area (TPSA) is 80.2 Å². The summed E-state index contributed by atoms with van der Waals surface area (Å²) >= 11 is 1.26. The van der Waals surface area contributed by atoms with Crippen LogP contribution in [0.1, 0.15) is 11.1 Å². The number of pyridine rings is 1. The van der Waals surface area contributed by atoms with Gasteiger partial charge in [-0.05, 0) is 25.1 Å². The van der Waals surface area contributed by atoms with Crippen molar-refractivity contribution in [2.45, 2.75) is 24.5 Å². The molecule has 0 spiro atoms. The first kappa shape index (κ1) is 20.6. The zero-order chi connectivity index (χ0) is 20.0. The number of alkyl halides is 3. The predicted molar refractivity (Wildman–Crippen MR) is 93.9 cm³/mol. The van der Waals surface area contributed by atoms with Crippen LogP contribution in [0.15, 0.2) is 52.3 Å². The Morgan fingerprint density at radius 3 is 2.30 bits per heavy atom. The normalized spacial score (nSPS) is 11.1. The van der Waals surface area contributed by atoms with E-state index in [9.17, 15) is 27.6 Å². The van der Waals surface area contributed by atoms with Gasteiger partial charge in [0.15, 0.2) is 0 Å². The van der Waals surface area contributed by atoms with E-state index in [2.05, 4.69) is 10.9 Å². The number of nitrogens with zero attached hydrogens (tertiary/aromatic N) is 1. The third-order valence-corrected chi connectivity index (χ3v) is 4.37. The van der Waals surface area contributed by atoms with Crippen LogP contribution in [0.25, 0.3) is 0 Å². The maximum absolute atomic E-state index is 12.7. The quantitative estimate of drug-likeness (QED) is 0.596. The van der Waals surface area contributed by atoms with E-state index in [4.69, 9.17) is 0 Å². The molecule has 0 bridgehead atoms. The van der Waals surface area contributed by atoms with E-state index in [0.717, 1.165) is 16.5 Å². The third-order valence-electron chi connectivity index (χ3n) is 3.36. The number of aryl methyl sites for hydroxylation is 1. The van der Waals surface area contributed by atoms with Crippen molar-refractivity contribution in [2.75, 3.05) is 5.75 Å². The van der Waals surface area contributed by atoms with E-state index in [-0.39, 0.29) is 5.75 Å². The Morgan fingerprint density at radius 1 is 1.04 bits per heavy atom. The van der Waals surface area contributed by atoms with Gasteiger partial charge in [-0.15, -0.1) is 11.8 Å². The Hall–Kier alpha value is -2.75. The van der Waals surface area contributed by atoms with E-state index in [1.165, 1.54) is 11.8 Å². The Labute approximate surface area is 156 Å². The lowest BCUT2D eigenvalue weighted by Gasteiger charge is -2.11. The van der Waals surface area contributed by atoms with Crippen molar-refractivity contribution in [3.05, 3.63) is 64.1 Å². The first-order chi connectivity index (χ1) is 12.6. The Bertz CT molecular complexity index is 879. The molecule has 1 heterocycles. The second-order valence-electron chi connectivity index (χ2n) is 5.58. The van der Waals surface area contributed by atoms with Crippen LogP contribution in [-0.4, -0.2) is 22.1 Å². The molecule has 0 saturated carbocycles. The maximum atomic E-state index is 12.7. The van der Waals surface area contributed by atoms with Crippen molar-refractivity contribution in [2.24, 2.45) is 0 Å². The van der Waals surface area contributed by atoms with Gasteiger partial charge in [0.1, 0.15) is 6.54 Å². The summed E-state index contributed by atoms with van der Waals surface area (Å²) in [4.78, 5) is 35.9. The summed E-state index contributed by atoms with van der Waals surface area (Å²) in [6.07, 6.45) is -4.08. The van der Waals surface area contributed by atoms with Gasteiger partial charge in [0.05, 0.1) is 11.3 Å². The smallest absolute Gasteiger partial charge is 0.305 e. The lowest BCUT2D eigenvalue weighted by atomic mass is 10.2. The summed E-state index contributed by atoms with van der Waals surface area (Å²) in [6, 6.07) is 8.87. The third kappa shape index (κ3) is 6.48. The van der Waals surface area contributed by atoms with Gasteiger partial charge < -0.3 is 4.57 Å². The highest BCUT2D eigenvalue weighted by Gasteiger charge is 2.31. The first-order valence-corrected chi connectivity index (χ1v) is 8.68. The van der Waals surface area contributed by atoms with Crippen LogP contribution >= 0.6 is 11.8 Å². The summed E-state index contributed by atoms with van der Waals surface area (Å²) in [5.74, 6) is -1.29. The van der Waals surface area contributed by atoms with Crippen molar-refractivity contribution >= 4 is 23.6 Å². The van der Waals surface area contributed by atoms with Crippen LogP contribution in [0.5, 0.6) is 0 Å². The number of nitrogens with one attached hydrogen (secondary N) is 2. The van der Waals surface area contributed by atoms with Crippen molar-refractivity contribution in [1.29, 1.82) is 0 Å². The number of thioether (sulfide) groups is 1. The molecular weight excluding hydrogens is 383 g/mol. The van der Waals surface area contributed by atoms with Gasteiger partial charge in [-0.2, -0.15) is 13.2 Å². The number of amides is 2. The van der Waals surface area contributed by atoms with Gasteiger partial charge >= 0.3 is 6.18 Å². The van der Waals surface area contributed by atoms with E-state index in [1.807, 2.05) is 31.2 Å². The number of carbonyl (C=O) groups excluding carboxylic acids is 2. The highest BCUT2D eigenvalue weighted by molar-refractivity contribution is 8.00. The maximum Gasteiger partial charge on any atom is 0.417 e. The Balaban J connectivity index is 1.84. The zero-order valence-corrected chi connectivity index (χ0v) is 15.0. The predicted octanol–water partition coefficient (Wildman–Crippen LogP) is 2.12. The molecule has 0 radical (unpaired) electrons. The van der Waals surface area contributed by atoms with E-state index < -0.39 is 35.7 Å². The number of hydrazine groups is 1. The molecule has 0 aliphatic carbocycles. The van der Waals surface area contributed by atoms with Crippen LogP contribution < -0.4 is 16.4 Å². The molecule has 2 aromatic rings. The molecule has 1 aromatic heterocycles. The summed E-state index contributed by atoms with van der Waals surface area (Å²) in [7, 11) is 0. The number of rotatable bonds is 5. The van der Waals surface area contributed by atoms with Crippen LogP contribution in [0, 0.1) is 6.92 Å². The van der Waals surface area contributed by atoms with Gasteiger partial charge in [-0.3, -0.25) is 25.2 Å². The number of carbonyl (C=O) groups is 2. The summed E-state index contributed by atoms with van der Waals surface area (Å²) < 4.78 is 38.6. The van der Waals surface area contributed by atoms with Gasteiger partial charge in [0.2, 0.25) is 5.91 Å². The van der Waals surface area contributed by atoms with E-state index in [0.29, 0.717) is 16.8 Å². The largest absolute Gasteiger partial charge is 0.417 e. The van der Waals surface area contributed by atoms with Crippen molar-refractivity contribution in [3.8, 4) is 0 Å². The fourth-order valence-corrected chi connectivity index (χ4v) is 2.67. The minimum atomic E-state index is -4.63. The summed E-state index contributed by atoms with van der Waals surface area (Å²) in [5, 5.41) is 0. The van der Waals surface area contributed by atoms with Crippen molar-refractivity contribution < 1.29 is 22.8 Å². The zero-order valence-electron chi connectivity index (χ0n) is 14.2. The molecule has 6 nitrogen and oxygen atoms in total.